The number of nitrogens with one attached hydrogen (secondary N) is 2. The van der Waals surface area contributed by atoms with E-state index in [9.17, 15) is 31.6 Å². The van der Waals surface area contributed by atoms with Crippen LogP contribution in [0.1, 0.15) is 18.9 Å². The van der Waals surface area contributed by atoms with E-state index in [0.717, 1.165) is 4.90 Å². The SMILES string of the molecule is C[C@@]1(c2ccc(OC(F)F)cc2)NC(=O)N(CC(=O)N[C@@H]2CCS(=O)(=O)C2)C1=O. The van der Waals surface area contributed by atoms with Gasteiger partial charge in [-0.3, -0.25) is 14.5 Å². The Labute approximate surface area is 165 Å². The van der Waals surface area contributed by atoms with Gasteiger partial charge in [0.2, 0.25) is 5.91 Å². The van der Waals surface area contributed by atoms with Crippen molar-refractivity contribution in [3.8, 4) is 5.75 Å². The zero-order valence-corrected chi connectivity index (χ0v) is 16.2. The van der Waals surface area contributed by atoms with Crippen molar-refractivity contribution < 1.29 is 36.3 Å². The molecule has 2 N–H and O–H groups in total. The smallest absolute Gasteiger partial charge is 0.387 e. The highest BCUT2D eigenvalue weighted by molar-refractivity contribution is 7.91. The van der Waals surface area contributed by atoms with Crippen molar-refractivity contribution in [3.63, 3.8) is 0 Å². The molecule has 2 aliphatic heterocycles. The van der Waals surface area contributed by atoms with Crippen LogP contribution in [-0.4, -0.2) is 61.9 Å². The van der Waals surface area contributed by atoms with Crippen LogP contribution in [0, 0.1) is 0 Å². The molecule has 1 aromatic rings. The summed E-state index contributed by atoms with van der Waals surface area (Å²) in [5.74, 6) is -1.65. The fourth-order valence-electron chi connectivity index (χ4n) is 3.33. The number of amides is 4. The predicted octanol–water partition coefficient (Wildman–Crippen LogP) is 0.358. The van der Waals surface area contributed by atoms with E-state index in [4.69, 9.17) is 0 Å². The molecule has 12 heteroatoms. The van der Waals surface area contributed by atoms with Crippen molar-refractivity contribution in [1.29, 1.82) is 0 Å². The molecule has 2 aliphatic rings. The summed E-state index contributed by atoms with van der Waals surface area (Å²) in [6.07, 6.45) is 0.277. The molecule has 0 bridgehead atoms. The van der Waals surface area contributed by atoms with Gasteiger partial charge < -0.3 is 15.4 Å². The van der Waals surface area contributed by atoms with E-state index in [0.29, 0.717) is 5.56 Å². The minimum atomic E-state index is -3.19. The molecule has 0 unspecified atom stereocenters. The van der Waals surface area contributed by atoms with Gasteiger partial charge in [0, 0.05) is 6.04 Å². The monoisotopic (exact) mass is 431 g/mol. The van der Waals surface area contributed by atoms with Crippen molar-refractivity contribution >= 4 is 27.7 Å². The number of benzene rings is 1. The Morgan fingerprint density at radius 1 is 1.34 bits per heavy atom. The van der Waals surface area contributed by atoms with Gasteiger partial charge in [-0.15, -0.1) is 0 Å². The summed E-state index contributed by atoms with van der Waals surface area (Å²) in [5, 5.41) is 5.01. The van der Waals surface area contributed by atoms with Crippen LogP contribution in [0.15, 0.2) is 24.3 Å². The highest BCUT2D eigenvalue weighted by Gasteiger charge is 2.49. The van der Waals surface area contributed by atoms with E-state index in [2.05, 4.69) is 15.4 Å². The van der Waals surface area contributed by atoms with E-state index in [1.54, 1.807) is 0 Å². The summed E-state index contributed by atoms with van der Waals surface area (Å²) in [6.45, 7) is -2.13. The summed E-state index contributed by atoms with van der Waals surface area (Å²) in [7, 11) is -3.19. The number of hydrogen-bond donors (Lipinski definition) is 2. The van der Waals surface area contributed by atoms with Gasteiger partial charge in [0.15, 0.2) is 9.84 Å². The van der Waals surface area contributed by atoms with Crippen molar-refractivity contribution in [1.82, 2.24) is 15.5 Å². The minimum absolute atomic E-state index is 0.0234. The van der Waals surface area contributed by atoms with E-state index < -0.39 is 52.4 Å². The van der Waals surface area contributed by atoms with E-state index >= 15 is 0 Å². The topological polar surface area (TPSA) is 122 Å². The molecule has 2 fully saturated rings. The van der Waals surface area contributed by atoms with Crippen LogP contribution < -0.4 is 15.4 Å². The molecule has 0 saturated carbocycles. The van der Waals surface area contributed by atoms with Gasteiger partial charge in [0.05, 0.1) is 11.5 Å². The van der Waals surface area contributed by atoms with E-state index in [1.807, 2.05) is 0 Å². The standard InChI is InChI=1S/C17H19F2N3O6S/c1-17(10-2-4-12(5-3-10)28-15(18)19)14(24)22(16(25)21-17)8-13(23)20-11-6-7-29(26,27)9-11/h2-5,11,15H,6-9H2,1H3,(H,20,23)(H,21,25)/t11-,17+/m1/s1. The van der Waals surface area contributed by atoms with Crippen LogP contribution in [0.25, 0.3) is 0 Å². The van der Waals surface area contributed by atoms with E-state index in [-0.39, 0.29) is 23.7 Å². The van der Waals surface area contributed by atoms with Crippen LogP contribution in [-0.2, 0) is 25.0 Å². The van der Waals surface area contributed by atoms with Crippen molar-refractivity contribution in [2.45, 2.75) is 31.5 Å². The number of sulfone groups is 1. The third kappa shape index (κ3) is 4.47. The number of ether oxygens (including phenoxy) is 1. The van der Waals surface area contributed by atoms with Gasteiger partial charge in [-0.05, 0) is 31.0 Å². The first-order valence-corrected chi connectivity index (χ1v) is 10.5. The number of alkyl halides is 2. The lowest BCUT2D eigenvalue weighted by molar-refractivity contribution is -0.135. The molecule has 0 aromatic heterocycles. The summed E-state index contributed by atoms with van der Waals surface area (Å²) < 4.78 is 51.7. The number of halogens is 2. The number of carbonyl (C=O) groups is 3. The first kappa shape index (κ1) is 21.0. The Hall–Kier alpha value is -2.76. The van der Waals surface area contributed by atoms with Crippen molar-refractivity contribution in [2.75, 3.05) is 18.1 Å². The summed E-state index contributed by atoms with van der Waals surface area (Å²) >= 11 is 0. The molecule has 2 saturated heterocycles. The molecular formula is C17H19F2N3O6S. The molecule has 4 amide bonds. The number of urea groups is 1. The van der Waals surface area contributed by atoms with Crippen LogP contribution in [0.4, 0.5) is 13.6 Å². The second-order valence-electron chi connectivity index (χ2n) is 7.02. The Kier molecular flexibility index (Phi) is 5.48. The lowest BCUT2D eigenvalue weighted by Gasteiger charge is -2.22. The minimum Gasteiger partial charge on any atom is -0.435 e. The summed E-state index contributed by atoms with van der Waals surface area (Å²) in [6, 6.07) is 3.86. The van der Waals surface area contributed by atoms with Gasteiger partial charge in [0.25, 0.3) is 5.91 Å². The lowest BCUT2D eigenvalue weighted by Crippen LogP contribution is -2.45. The average molecular weight is 431 g/mol. The lowest BCUT2D eigenvalue weighted by atomic mass is 9.92. The fraction of sp³-hybridized carbons (Fsp3) is 0.471. The third-order valence-corrected chi connectivity index (χ3v) is 6.60. The predicted molar refractivity (Wildman–Crippen MR) is 95.9 cm³/mol. The zero-order chi connectivity index (χ0) is 21.4. The Morgan fingerprint density at radius 2 is 2.00 bits per heavy atom. The maximum atomic E-state index is 12.8. The second kappa shape index (κ2) is 7.58. The number of carbonyl (C=O) groups excluding carboxylic acids is 3. The molecule has 3 rings (SSSR count). The molecule has 0 radical (unpaired) electrons. The highest BCUT2D eigenvalue weighted by atomic mass is 32.2. The van der Waals surface area contributed by atoms with Crippen molar-refractivity contribution in [3.05, 3.63) is 29.8 Å². The normalized spacial score (nSPS) is 25.9. The van der Waals surface area contributed by atoms with Gasteiger partial charge in [0.1, 0.15) is 17.8 Å². The zero-order valence-electron chi connectivity index (χ0n) is 15.4. The summed E-state index contributed by atoms with van der Waals surface area (Å²) in [4.78, 5) is 38.0. The first-order valence-electron chi connectivity index (χ1n) is 8.69. The Bertz CT molecular complexity index is 937. The molecule has 9 nitrogen and oxygen atoms in total. The average Bonchev–Trinajstić information content (AvgIpc) is 3.06. The number of hydrogen-bond acceptors (Lipinski definition) is 6. The quantitative estimate of drug-likeness (QED) is 0.627. The number of rotatable bonds is 6. The van der Waals surface area contributed by atoms with Gasteiger partial charge in [-0.1, -0.05) is 12.1 Å². The molecule has 0 spiro atoms. The van der Waals surface area contributed by atoms with Crippen LogP contribution in [0.2, 0.25) is 0 Å². The maximum absolute atomic E-state index is 12.8. The highest BCUT2D eigenvalue weighted by Crippen LogP contribution is 2.30. The molecule has 1 aromatic carbocycles. The Balaban J connectivity index is 1.67. The van der Waals surface area contributed by atoms with Gasteiger partial charge in [-0.25, -0.2) is 13.2 Å². The third-order valence-electron chi connectivity index (χ3n) is 4.83. The first-order chi connectivity index (χ1) is 13.5. The maximum Gasteiger partial charge on any atom is 0.387 e. The van der Waals surface area contributed by atoms with Crippen LogP contribution in [0.5, 0.6) is 5.75 Å². The fourth-order valence-corrected chi connectivity index (χ4v) is 5.01. The van der Waals surface area contributed by atoms with E-state index in [1.165, 1.54) is 31.2 Å². The largest absolute Gasteiger partial charge is 0.435 e. The molecule has 2 atom stereocenters. The molecular weight excluding hydrogens is 412 g/mol. The van der Waals surface area contributed by atoms with Crippen LogP contribution >= 0.6 is 0 Å². The molecule has 29 heavy (non-hydrogen) atoms. The van der Waals surface area contributed by atoms with Crippen LogP contribution in [0.3, 0.4) is 0 Å². The van der Waals surface area contributed by atoms with Gasteiger partial charge in [-0.2, -0.15) is 8.78 Å². The molecule has 0 aliphatic carbocycles. The molecule has 158 valence electrons. The number of nitrogens with zero attached hydrogens (tertiary/aromatic N) is 1. The molecule has 2 heterocycles. The van der Waals surface area contributed by atoms with Crippen molar-refractivity contribution in [2.24, 2.45) is 0 Å². The Morgan fingerprint density at radius 3 is 2.55 bits per heavy atom. The van der Waals surface area contributed by atoms with Gasteiger partial charge >= 0.3 is 12.6 Å². The second-order valence-corrected chi connectivity index (χ2v) is 9.25. The number of imide groups is 1. The summed E-state index contributed by atoms with van der Waals surface area (Å²) in [5.41, 5.74) is -1.17.